The summed E-state index contributed by atoms with van der Waals surface area (Å²) in [5.41, 5.74) is 3.83. The number of ether oxygens (including phenoxy) is 2. The molecule has 0 aromatic heterocycles. The summed E-state index contributed by atoms with van der Waals surface area (Å²) in [6, 6.07) is 19.3. The Balaban J connectivity index is 1.60. The van der Waals surface area contributed by atoms with Gasteiger partial charge < -0.3 is 9.47 Å². The third-order valence-electron chi connectivity index (χ3n) is 5.54. The van der Waals surface area contributed by atoms with Gasteiger partial charge in [0.2, 0.25) is 0 Å². The van der Waals surface area contributed by atoms with Gasteiger partial charge in [-0.1, -0.05) is 55.3 Å². The molecule has 1 fully saturated rings. The van der Waals surface area contributed by atoms with Crippen LogP contribution in [-0.4, -0.2) is 29.6 Å². The van der Waals surface area contributed by atoms with Crippen LogP contribution in [0.25, 0.3) is 6.08 Å². The van der Waals surface area contributed by atoms with E-state index in [4.69, 9.17) is 26.1 Å². The Morgan fingerprint density at radius 1 is 1.11 bits per heavy atom. The van der Waals surface area contributed by atoms with Gasteiger partial charge in [-0.25, -0.2) is 4.99 Å². The highest BCUT2D eigenvalue weighted by atomic mass is 79.9. The second-order valence-electron chi connectivity index (χ2n) is 9.10. The number of rotatable bonds is 8. The fourth-order valence-electron chi connectivity index (χ4n) is 3.70. The summed E-state index contributed by atoms with van der Waals surface area (Å²) in [5, 5.41) is 1.29. The van der Waals surface area contributed by atoms with Gasteiger partial charge in [0, 0.05) is 11.6 Å². The van der Waals surface area contributed by atoms with Crippen LogP contribution < -0.4 is 9.47 Å². The van der Waals surface area contributed by atoms with Crippen molar-refractivity contribution in [2.45, 2.75) is 27.4 Å². The molecule has 5 nitrogen and oxygen atoms in total. The molecular weight excluding hydrogens is 572 g/mol. The molecule has 8 heteroatoms. The topological polar surface area (TPSA) is 51.1 Å². The molecule has 3 aromatic carbocycles. The molecule has 1 heterocycles. The van der Waals surface area contributed by atoms with E-state index < -0.39 is 0 Å². The van der Waals surface area contributed by atoms with Gasteiger partial charge in [0.1, 0.15) is 6.61 Å². The zero-order valence-electron chi connectivity index (χ0n) is 21.1. The molecule has 1 aliphatic heterocycles. The Labute approximate surface area is 235 Å². The lowest BCUT2D eigenvalue weighted by molar-refractivity contribution is -0.122. The van der Waals surface area contributed by atoms with Crippen LogP contribution in [0, 0.1) is 12.8 Å². The Kier molecular flexibility index (Phi) is 9.00. The molecule has 37 heavy (non-hydrogen) atoms. The van der Waals surface area contributed by atoms with E-state index in [1.54, 1.807) is 24.1 Å². The van der Waals surface area contributed by atoms with E-state index in [9.17, 15) is 4.79 Å². The third kappa shape index (κ3) is 6.98. The number of aliphatic imine (C=N–C) groups is 1. The highest BCUT2D eigenvalue weighted by molar-refractivity contribution is 9.10. The van der Waals surface area contributed by atoms with Crippen LogP contribution in [0.3, 0.4) is 0 Å². The molecule has 0 unspecified atom stereocenters. The summed E-state index contributed by atoms with van der Waals surface area (Å²) in [7, 11) is 1.61. The van der Waals surface area contributed by atoms with Crippen molar-refractivity contribution in [3.8, 4) is 11.5 Å². The van der Waals surface area contributed by atoms with E-state index in [0.29, 0.717) is 45.7 Å². The zero-order chi connectivity index (χ0) is 26.5. The molecule has 0 aliphatic carbocycles. The highest BCUT2D eigenvalue weighted by Gasteiger charge is 2.33. The van der Waals surface area contributed by atoms with Gasteiger partial charge in [-0.3, -0.25) is 9.69 Å². The van der Waals surface area contributed by atoms with Crippen LogP contribution in [0.4, 0.5) is 5.69 Å². The smallest absolute Gasteiger partial charge is 0.266 e. The number of nitrogens with zero attached hydrogens (tertiary/aromatic N) is 2. The van der Waals surface area contributed by atoms with Crippen molar-refractivity contribution >= 4 is 62.1 Å². The van der Waals surface area contributed by atoms with Crippen LogP contribution >= 0.6 is 39.3 Å². The predicted octanol–water partition coefficient (Wildman–Crippen LogP) is 8.26. The lowest BCUT2D eigenvalue weighted by Crippen LogP contribution is -2.32. The molecule has 192 valence electrons. The summed E-state index contributed by atoms with van der Waals surface area (Å²) in [6.07, 6.45) is 1.86. The quantitative estimate of drug-likeness (QED) is 0.245. The van der Waals surface area contributed by atoms with Crippen molar-refractivity contribution in [2.24, 2.45) is 10.9 Å². The number of carbonyl (C=O) groups is 1. The number of amidine groups is 1. The lowest BCUT2D eigenvalue weighted by Gasteiger charge is -2.17. The van der Waals surface area contributed by atoms with Crippen molar-refractivity contribution in [1.29, 1.82) is 0 Å². The van der Waals surface area contributed by atoms with Crippen LogP contribution in [0.5, 0.6) is 11.5 Å². The van der Waals surface area contributed by atoms with Crippen LogP contribution in [-0.2, 0) is 11.4 Å². The average molecular weight is 600 g/mol. The maximum absolute atomic E-state index is 13.4. The van der Waals surface area contributed by atoms with Gasteiger partial charge in [-0.2, -0.15) is 0 Å². The fraction of sp³-hybridized carbons (Fsp3) is 0.241. The Bertz CT molecular complexity index is 1340. The normalized spacial score (nSPS) is 15.8. The summed E-state index contributed by atoms with van der Waals surface area (Å²) in [6.45, 7) is 7.21. The number of benzene rings is 3. The van der Waals surface area contributed by atoms with Gasteiger partial charge >= 0.3 is 0 Å². The van der Waals surface area contributed by atoms with E-state index in [-0.39, 0.29) is 5.91 Å². The van der Waals surface area contributed by atoms with Crippen molar-refractivity contribution < 1.29 is 14.3 Å². The van der Waals surface area contributed by atoms with E-state index >= 15 is 0 Å². The van der Waals surface area contributed by atoms with Gasteiger partial charge in [-0.15, -0.1) is 0 Å². The van der Waals surface area contributed by atoms with Gasteiger partial charge in [0.15, 0.2) is 16.7 Å². The molecule has 0 saturated carbocycles. The average Bonchev–Trinajstić information content (AvgIpc) is 3.13. The van der Waals surface area contributed by atoms with Crippen molar-refractivity contribution in [1.82, 2.24) is 4.90 Å². The van der Waals surface area contributed by atoms with Crippen molar-refractivity contribution in [2.75, 3.05) is 13.7 Å². The summed E-state index contributed by atoms with van der Waals surface area (Å²) >= 11 is 11.0. The number of hydrogen-bond acceptors (Lipinski definition) is 5. The lowest BCUT2D eigenvalue weighted by atomic mass is 10.1. The van der Waals surface area contributed by atoms with Crippen LogP contribution in [0.2, 0.25) is 5.02 Å². The summed E-state index contributed by atoms with van der Waals surface area (Å²) < 4.78 is 12.5. The molecule has 1 aliphatic rings. The molecule has 1 saturated heterocycles. The van der Waals surface area contributed by atoms with E-state index in [1.165, 1.54) is 17.3 Å². The first-order chi connectivity index (χ1) is 17.7. The minimum Gasteiger partial charge on any atom is -0.493 e. The highest BCUT2D eigenvalue weighted by Crippen LogP contribution is 2.40. The Hall–Kier alpha value is -2.74. The number of methoxy groups -OCH3 is 1. The fourth-order valence-corrected chi connectivity index (χ4v) is 5.41. The minimum atomic E-state index is -0.0683. The molecular formula is C29H28BrClN2O3S. The minimum absolute atomic E-state index is 0.0683. The Morgan fingerprint density at radius 3 is 2.46 bits per heavy atom. The van der Waals surface area contributed by atoms with Gasteiger partial charge in [-0.05, 0) is 94.1 Å². The molecule has 0 N–H and O–H groups in total. The van der Waals surface area contributed by atoms with E-state index in [1.807, 2.05) is 42.5 Å². The standard InChI is InChI=1S/C29H28BrClN2O3S/c1-18(2)16-33-28(34)26(37-29(33)32-23-11-9-22(31)10-12-23)15-21-13-24(30)27(25(14-21)35-4)36-17-20-7-5-19(3)6-8-20/h5-15,18H,16-17H2,1-4H3/b26-15-,32-29?. The molecule has 0 bridgehead atoms. The summed E-state index contributed by atoms with van der Waals surface area (Å²) in [5.74, 6) is 1.42. The predicted molar refractivity (Wildman–Crippen MR) is 157 cm³/mol. The van der Waals surface area contributed by atoms with Gasteiger partial charge in [0.25, 0.3) is 5.91 Å². The maximum Gasteiger partial charge on any atom is 0.266 e. The second kappa shape index (κ2) is 12.2. The first-order valence-corrected chi connectivity index (χ1v) is 13.8. The first kappa shape index (κ1) is 27.3. The number of thioether (sulfide) groups is 1. The molecule has 0 spiro atoms. The number of hydrogen-bond donors (Lipinski definition) is 0. The van der Waals surface area contributed by atoms with Crippen LogP contribution in [0.15, 0.2) is 75.0 Å². The number of amides is 1. The maximum atomic E-state index is 13.4. The number of halogens is 2. The zero-order valence-corrected chi connectivity index (χ0v) is 24.3. The molecule has 1 amide bonds. The Morgan fingerprint density at radius 2 is 1.81 bits per heavy atom. The van der Waals surface area contributed by atoms with Crippen LogP contribution in [0.1, 0.15) is 30.5 Å². The van der Waals surface area contributed by atoms with E-state index in [2.05, 4.69) is 48.8 Å². The van der Waals surface area contributed by atoms with Gasteiger partial charge in [0.05, 0.1) is 22.2 Å². The molecule has 4 rings (SSSR count). The largest absolute Gasteiger partial charge is 0.493 e. The van der Waals surface area contributed by atoms with E-state index in [0.717, 1.165) is 21.3 Å². The first-order valence-electron chi connectivity index (χ1n) is 11.8. The third-order valence-corrected chi connectivity index (χ3v) is 7.39. The molecule has 0 radical (unpaired) electrons. The van der Waals surface area contributed by atoms with Crippen molar-refractivity contribution in [3.05, 3.63) is 91.8 Å². The second-order valence-corrected chi connectivity index (χ2v) is 11.4. The number of carbonyl (C=O) groups excluding carboxylic acids is 1. The monoisotopic (exact) mass is 598 g/mol. The SMILES string of the molecule is COc1cc(/C=C2\SC(=Nc3ccc(Cl)cc3)N(CC(C)C)C2=O)cc(Br)c1OCc1ccc(C)cc1. The molecule has 3 aromatic rings. The summed E-state index contributed by atoms with van der Waals surface area (Å²) in [4.78, 5) is 20.4. The number of aryl methyl sites for hydroxylation is 1. The molecule has 0 atom stereocenters. The van der Waals surface area contributed by atoms with Crippen molar-refractivity contribution in [3.63, 3.8) is 0 Å².